The van der Waals surface area contributed by atoms with E-state index < -0.39 is 0 Å². The predicted octanol–water partition coefficient (Wildman–Crippen LogP) is 3.89. The Morgan fingerprint density at radius 1 is 1.05 bits per heavy atom. The van der Waals surface area contributed by atoms with Crippen LogP contribution in [0.2, 0.25) is 0 Å². The minimum absolute atomic E-state index is 0.149. The van der Waals surface area contributed by atoms with Crippen molar-refractivity contribution in [2.75, 3.05) is 13.2 Å². The van der Waals surface area contributed by atoms with Crippen LogP contribution in [-0.4, -0.2) is 36.0 Å². The van der Waals surface area contributed by atoms with E-state index in [0.29, 0.717) is 6.04 Å². The molecule has 0 bridgehead atoms. The van der Waals surface area contributed by atoms with E-state index in [2.05, 4.69) is 39.9 Å². The fraction of sp³-hybridized carbons (Fsp3) is 1.00. The average molecular weight is 287 g/mol. The zero-order chi connectivity index (χ0) is 15.4. The van der Waals surface area contributed by atoms with E-state index in [4.69, 9.17) is 4.74 Å². The molecule has 3 heteroatoms. The molecule has 0 radical (unpaired) electrons. The van der Waals surface area contributed by atoms with Gasteiger partial charge in [0.25, 0.3) is 0 Å². The van der Waals surface area contributed by atoms with Crippen LogP contribution in [0, 0.1) is 0 Å². The van der Waals surface area contributed by atoms with E-state index in [-0.39, 0.29) is 18.2 Å². The molecule has 2 unspecified atom stereocenters. The molecule has 0 saturated carbocycles. The number of aliphatic hydroxyl groups excluding tert-OH is 1. The second kappa shape index (κ2) is 11.5. The van der Waals surface area contributed by atoms with E-state index in [0.717, 1.165) is 19.4 Å². The number of aliphatic hydroxyl groups is 1. The molecule has 0 saturated heterocycles. The van der Waals surface area contributed by atoms with E-state index in [1.807, 2.05) is 0 Å². The Morgan fingerprint density at radius 3 is 2.20 bits per heavy atom. The highest BCUT2D eigenvalue weighted by molar-refractivity contribution is 4.85. The molecule has 0 heterocycles. The van der Waals surface area contributed by atoms with Gasteiger partial charge in [-0.05, 0) is 26.7 Å². The molecule has 0 aromatic rings. The number of ether oxygens (including phenoxy) is 1. The summed E-state index contributed by atoms with van der Waals surface area (Å²) in [6, 6.07) is 0.373. The molecule has 0 aromatic heterocycles. The normalized spacial score (nSPS) is 16.4. The second-order valence-corrected chi connectivity index (χ2v) is 6.67. The Balaban J connectivity index is 3.72. The number of hydrogen-bond donors (Lipinski definition) is 2. The molecule has 0 aliphatic heterocycles. The first-order valence-corrected chi connectivity index (χ1v) is 8.43. The summed E-state index contributed by atoms with van der Waals surface area (Å²) in [4.78, 5) is 0. The average Bonchev–Trinajstić information content (AvgIpc) is 2.36. The minimum Gasteiger partial charge on any atom is -0.394 e. The molecule has 0 fully saturated rings. The maximum Gasteiger partial charge on any atom is 0.0611 e. The highest BCUT2D eigenvalue weighted by Gasteiger charge is 2.26. The van der Waals surface area contributed by atoms with Crippen LogP contribution in [-0.2, 0) is 4.74 Å². The number of hydrogen-bond acceptors (Lipinski definition) is 3. The van der Waals surface area contributed by atoms with Crippen LogP contribution < -0.4 is 5.32 Å². The van der Waals surface area contributed by atoms with Crippen LogP contribution in [0.3, 0.4) is 0 Å². The summed E-state index contributed by atoms with van der Waals surface area (Å²) in [5.41, 5.74) is -0.241. The van der Waals surface area contributed by atoms with Crippen LogP contribution in [0.15, 0.2) is 0 Å². The minimum atomic E-state index is -0.241. The third-order valence-electron chi connectivity index (χ3n) is 3.62. The topological polar surface area (TPSA) is 41.5 Å². The molecule has 2 N–H and O–H groups in total. The van der Waals surface area contributed by atoms with E-state index in [1.54, 1.807) is 0 Å². The number of nitrogens with one attached hydrogen (secondary N) is 1. The Labute approximate surface area is 126 Å². The van der Waals surface area contributed by atoms with Crippen molar-refractivity contribution in [3.63, 3.8) is 0 Å². The Bertz CT molecular complexity index is 221. The van der Waals surface area contributed by atoms with Crippen molar-refractivity contribution < 1.29 is 9.84 Å². The SMILES string of the molecule is CCCCCCCCOC(C)CC(C)(CO)NC(C)C. The summed E-state index contributed by atoms with van der Waals surface area (Å²) >= 11 is 0. The Hall–Kier alpha value is -0.120. The predicted molar refractivity (Wildman–Crippen MR) is 87.2 cm³/mol. The van der Waals surface area contributed by atoms with Crippen molar-refractivity contribution >= 4 is 0 Å². The van der Waals surface area contributed by atoms with Gasteiger partial charge in [0.05, 0.1) is 12.7 Å². The van der Waals surface area contributed by atoms with Gasteiger partial charge in [-0.15, -0.1) is 0 Å². The van der Waals surface area contributed by atoms with Crippen molar-refractivity contribution in [2.45, 2.75) is 97.2 Å². The smallest absolute Gasteiger partial charge is 0.0611 e. The molecule has 3 nitrogen and oxygen atoms in total. The monoisotopic (exact) mass is 287 g/mol. The molecule has 0 spiro atoms. The number of unbranched alkanes of at least 4 members (excludes halogenated alkanes) is 5. The van der Waals surface area contributed by atoms with Crippen molar-refractivity contribution in [2.24, 2.45) is 0 Å². The second-order valence-electron chi connectivity index (χ2n) is 6.67. The zero-order valence-corrected chi connectivity index (χ0v) is 14.4. The van der Waals surface area contributed by atoms with Gasteiger partial charge in [0.2, 0.25) is 0 Å². The van der Waals surface area contributed by atoms with Gasteiger partial charge < -0.3 is 15.2 Å². The van der Waals surface area contributed by atoms with Crippen LogP contribution in [0.4, 0.5) is 0 Å². The van der Waals surface area contributed by atoms with Crippen LogP contribution in [0.25, 0.3) is 0 Å². The van der Waals surface area contributed by atoms with Gasteiger partial charge in [-0.2, -0.15) is 0 Å². The summed E-state index contributed by atoms with van der Waals surface area (Å²) in [5, 5.41) is 13.0. The summed E-state index contributed by atoms with van der Waals surface area (Å²) in [5.74, 6) is 0. The van der Waals surface area contributed by atoms with Crippen molar-refractivity contribution in [3.05, 3.63) is 0 Å². The van der Waals surface area contributed by atoms with Gasteiger partial charge in [-0.3, -0.25) is 0 Å². The van der Waals surface area contributed by atoms with Gasteiger partial charge in [0, 0.05) is 18.2 Å². The summed E-state index contributed by atoms with van der Waals surface area (Å²) in [6.07, 6.45) is 8.80. The Morgan fingerprint density at radius 2 is 1.65 bits per heavy atom. The lowest BCUT2D eigenvalue weighted by molar-refractivity contribution is 0.0244. The first kappa shape index (κ1) is 19.9. The molecule has 0 aliphatic carbocycles. The summed E-state index contributed by atoms with van der Waals surface area (Å²) in [6.45, 7) is 11.6. The fourth-order valence-corrected chi connectivity index (χ4v) is 2.73. The molecule has 0 rings (SSSR count). The highest BCUT2D eigenvalue weighted by Crippen LogP contribution is 2.15. The molecule has 0 aliphatic rings. The Kier molecular flexibility index (Phi) is 11.5. The van der Waals surface area contributed by atoms with Crippen LogP contribution in [0.5, 0.6) is 0 Å². The molecule has 20 heavy (non-hydrogen) atoms. The lowest BCUT2D eigenvalue weighted by Crippen LogP contribution is -2.51. The van der Waals surface area contributed by atoms with Gasteiger partial charge in [-0.1, -0.05) is 52.9 Å². The third kappa shape index (κ3) is 10.6. The largest absolute Gasteiger partial charge is 0.394 e. The maximum absolute atomic E-state index is 9.56. The molecular weight excluding hydrogens is 250 g/mol. The van der Waals surface area contributed by atoms with Gasteiger partial charge >= 0.3 is 0 Å². The van der Waals surface area contributed by atoms with E-state index in [1.165, 1.54) is 32.1 Å². The van der Waals surface area contributed by atoms with E-state index >= 15 is 0 Å². The van der Waals surface area contributed by atoms with Gasteiger partial charge in [0.15, 0.2) is 0 Å². The summed E-state index contributed by atoms with van der Waals surface area (Å²) < 4.78 is 5.88. The van der Waals surface area contributed by atoms with Gasteiger partial charge in [-0.25, -0.2) is 0 Å². The molecule has 122 valence electrons. The van der Waals surface area contributed by atoms with Gasteiger partial charge in [0.1, 0.15) is 0 Å². The van der Waals surface area contributed by atoms with E-state index in [9.17, 15) is 5.11 Å². The fourth-order valence-electron chi connectivity index (χ4n) is 2.73. The highest BCUT2D eigenvalue weighted by atomic mass is 16.5. The van der Waals surface area contributed by atoms with Crippen LogP contribution >= 0.6 is 0 Å². The van der Waals surface area contributed by atoms with Crippen molar-refractivity contribution in [1.82, 2.24) is 5.32 Å². The first-order valence-electron chi connectivity index (χ1n) is 8.43. The lowest BCUT2D eigenvalue weighted by Gasteiger charge is -2.33. The molecule has 0 amide bonds. The maximum atomic E-state index is 9.56. The molecular formula is C17H37NO2. The van der Waals surface area contributed by atoms with Crippen molar-refractivity contribution in [3.8, 4) is 0 Å². The first-order chi connectivity index (χ1) is 9.43. The van der Waals surface area contributed by atoms with Crippen molar-refractivity contribution in [1.29, 1.82) is 0 Å². The zero-order valence-electron chi connectivity index (χ0n) is 14.4. The lowest BCUT2D eigenvalue weighted by atomic mass is 9.95. The molecule has 2 atom stereocenters. The number of rotatable bonds is 13. The summed E-state index contributed by atoms with van der Waals surface area (Å²) in [7, 11) is 0. The third-order valence-corrected chi connectivity index (χ3v) is 3.62. The molecule has 0 aromatic carbocycles. The quantitative estimate of drug-likeness (QED) is 0.505. The van der Waals surface area contributed by atoms with Crippen LogP contribution in [0.1, 0.15) is 79.6 Å². The standard InChI is InChI=1S/C17H37NO2/c1-6-7-8-9-10-11-12-20-16(4)13-17(5,14-19)18-15(2)3/h15-16,18-19H,6-14H2,1-5H3.